The number of phenols is 6. The Labute approximate surface area is 160 Å². The average Bonchev–Trinajstić information content (AvgIpc) is 3.04. The van der Waals surface area contributed by atoms with Crippen molar-refractivity contribution in [2.75, 3.05) is 0 Å². The van der Waals surface area contributed by atoms with Gasteiger partial charge in [-0.25, -0.2) is 0 Å². The fraction of sp³-hybridized carbons (Fsp3) is 0.0526. The molecule has 3 aromatic carbocycles. The highest BCUT2D eigenvalue weighted by atomic mass is 79.9. The highest BCUT2D eigenvalue weighted by molar-refractivity contribution is 9.10. The molecule has 0 atom stereocenters. The fourth-order valence-corrected chi connectivity index (χ4v) is 3.73. The zero-order valence-electron chi connectivity index (χ0n) is 13.9. The molecule has 0 fully saturated rings. The number of aromatic hydroxyl groups is 6. The van der Waals surface area contributed by atoms with Crippen LogP contribution in [0.5, 0.6) is 34.5 Å². The standard InChI is InChI=1S/C19H14BrNO6/c1-7-14(22)12-10(17(25)15(7)23)9-13(19(27)18(26)11(20)16(9)24)21(12)8-5-3-2-4-6-8/h2-6,22-27H,1H3. The Hall–Kier alpha value is -3.26. The van der Waals surface area contributed by atoms with Crippen LogP contribution in [0.1, 0.15) is 5.56 Å². The topological polar surface area (TPSA) is 126 Å². The summed E-state index contributed by atoms with van der Waals surface area (Å²) in [5.41, 5.74) is 0.549. The van der Waals surface area contributed by atoms with Gasteiger partial charge in [-0.3, -0.25) is 0 Å². The van der Waals surface area contributed by atoms with Crippen molar-refractivity contribution in [2.24, 2.45) is 0 Å². The summed E-state index contributed by atoms with van der Waals surface area (Å²) in [6.45, 7) is 1.42. The summed E-state index contributed by atoms with van der Waals surface area (Å²) in [5, 5.41) is 62.7. The van der Waals surface area contributed by atoms with E-state index in [1.165, 1.54) is 11.5 Å². The highest BCUT2D eigenvalue weighted by Crippen LogP contribution is 2.56. The van der Waals surface area contributed by atoms with E-state index in [1.54, 1.807) is 30.3 Å². The number of halogens is 1. The molecule has 0 aliphatic heterocycles. The predicted molar refractivity (Wildman–Crippen MR) is 103 cm³/mol. The lowest BCUT2D eigenvalue weighted by molar-refractivity contribution is 0.397. The Morgan fingerprint density at radius 1 is 0.667 bits per heavy atom. The van der Waals surface area contributed by atoms with Crippen LogP contribution >= 0.6 is 15.9 Å². The molecule has 0 aliphatic rings. The lowest BCUT2D eigenvalue weighted by Gasteiger charge is -2.12. The maximum atomic E-state index is 10.7. The molecule has 7 nitrogen and oxygen atoms in total. The van der Waals surface area contributed by atoms with Gasteiger partial charge in [0.2, 0.25) is 0 Å². The quantitative estimate of drug-likeness (QED) is 0.199. The summed E-state index contributed by atoms with van der Waals surface area (Å²) in [5.74, 6) is -3.07. The average molecular weight is 432 g/mol. The van der Waals surface area contributed by atoms with Gasteiger partial charge in [-0.2, -0.15) is 0 Å². The van der Waals surface area contributed by atoms with Crippen molar-refractivity contribution >= 4 is 37.7 Å². The van der Waals surface area contributed by atoms with E-state index in [-0.39, 0.29) is 37.6 Å². The number of fused-ring (bicyclic) bond motifs is 3. The number of para-hydroxylation sites is 1. The first kappa shape index (κ1) is 17.2. The number of hydrogen-bond donors (Lipinski definition) is 6. The van der Waals surface area contributed by atoms with Crippen LogP contribution in [0.3, 0.4) is 0 Å². The van der Waals surface area contributed by atoms with Crippen LogP contribution < -0.4 is 0 Å². The Morgan fingerprint density at radius 2 is 1.22 bits per heavy atom. The minimum absolute atomic E-state index is 0.0299. The molecule has 0 amide bonds. The van der Waals surface area contributed by atoms with Crippen LogP contribution in [-0.4, -0.2) is 35.2 Å². The molecule has 138 valence electrons. The second-order valence-corrected chi connectivity index (χ2v) is 6.94. The van der Waals surface area contributed by atoms with E-state index in [1.807, 2.05) is 0 Å². The first-order valence-corrected chi connectivity index (χ1v) is 8.66. The summed E-state index contributed by atoms with van der Waals surface area (Å²) in [6, 6.07) is 8.61. The Kier molecular flexibility index (Phi) is 3.57. The lowest BCUT2D eigenvalue weighted by Crippen LogP contribution is -1.95. The molecule has 1 heterocycles. The molecule has 27 heavy (non-hydrogen) atoms. The molecule has 0 unspecified atom stereocenters. The summed E-state index contributed by atoms with van der Waals surface area (Å²) >= 11 is 3.00. The van der Waals surface area contributed by atoms with Gasteiger partial charge in [0.25, 0.3) is 0 Å². The second kappa shape index (κ2) is 5.62. The molecule has 1 aromatic heterocycles. The van der Waals surface area contributed by atoms with E-state index < -0.39 is 28.7 Å². The van der Waals surface area contributed by atoms with Crippen LogP contribution in [0.2, 0.25) is 0 Å². The van der Waals surface area contributed by atoms with Crippen molar-refractivity contribution in [2.45, 2.75) is 6.92 Å². The van der Waals surface area contributed by atoms with Crippen molar-refractivity contribution in [3.8, 4) is 40.2 Å². The summed E-state index contributed by atoms with van der Waals surface area (Å²) in [4.78, 5) is 0. The molecular weight excluding hydrogens is 418 g/mol. The first-order chi connectivity index (χ1) is 12.8. The van der Waals surface area contributed by atoms with E-state index in [0.717, 1.165) is 0 Å². The largest absolute Gasteiger partial charge is 0.506 e. The van der Waals surface area contributed by atoms with Crippen molar-refractivity contribution in [1.82, 2.24) is 4.57 Å². The Bertz CT molecular complexity index is 1170. The molecule has 0 bridgehead atoms. The maximum absolute atomic E-state index is 10.7. The molecule has 4 rings (SSSR count). The molecule has 0 spiro atoms. The third-order valence-corrected chi connectivity index (χ3v) is 5.43. The van der Waals surface area contributed by atoms with Gasteiger partial charge in [0.1, 0.15) is 27.0 Å². The van der Waals surface area contributed by atoms with Crippen LogP contribution in [0.15, 0.2) is 34.8 Å². The molecule has 8 heteroatoms. The van der Waals surface area contributed by atoms with Gasteiger partial charge in [-0.15, -0.1) is 0 Å². The highest BCUT2D eigenvalue weighted by Gasteiger charge is 2.30. The van der Waals surface area contributed by atoms with Gasteiger partial charge in [0, 0.05) is 11.3 Å². The second-order valence-electron chi connectivity index (χ2n) is 6.15. The van der Waals surface area contributed by atoms with Crippen molar-refractivity contribution in [1.29, 1.82) is 0 Å². The number of benzene rings is 3. The van der Waals surface area contributed by atoms with E-state index in [0.29, 0.717) is 5.69 Å². The number of rotatable bonds is 1. The maximum Gasteiger partial charge on any atom is 0.184 e. The number of phenolic OH excluding ortho intramolecular Hbond substituents is 6. The van der Waals surface area contributed by atoms with Crippen molar-refractivity contribution in [3.63, 3.8) is 0 Å². The monoisotopic (exact) mass is 431 g/mol. The molecule has 0 saturated carbocycles. The molecular formula is C19H14BrNO6. The van der Waals surface area contributed by atoms with Gasteiger partial charge in [0.05, 0.1) is 10.8 Å². The van der Waals surface area contributed by atoms with Crippen LogP contribution in [-0.2, 0) is 0 Å². The molecule has 0 radical (unpaired) electrons. The third kappa shape index (κ3) is 2.07. The fourth-order valence-electron chi connectivity index (χ4n) is 3.34. The van der Waals surface area contributed by atoms with Gasteiger partial charge < -0.3 is 35.2 Å². The first-order valence-electron chi connectivity index (χ1n) is 7.86. The zero-order chi connectivity index (χ0) is 19.6. The summed E-state index contributed by atoms with van der Waals surface area (Å²) < 4.78 is 1.21. The molecule has 4 aromatic rings. The Balaban J connectivity index is 2.45. The van der Waals surface area contributed by atoms with Gasteiger partial charge in [-0.05, 0) is 35.0 Å². The predicted octanol–water partition coefficient (Wildman–Crippen LogP) is 4.09. The summed E-state index contributed by atoms with van der Waals surface area (Å²) in [6.07, 6.45) is 0. The van der Waals surface area contributed by atoms with E-state index in [4.69, 9.17) is 0 Å². The minimum atomic E-state index is -0.597. The number of nitrogens with zero attached hydrogens (tertiary/aromatic N) is 1. The molecule has 6 N–H and O–H groups in total. The van der Waals surface area contributed by atoms with Gasteiger partial charge in [0.15, 0.2) is 23.0 Å². The molecule has 0 saturated heterocycles. The van der Waals surface area contributed by atoms with Crippen LogP contribution in [0.4, 0.5) is 0 Å². The Morgan fingerprint density at radius 3 is 1.85 bits per heavy atom. The van der Waals surface area contributed by atoms with Crippen molar-refractivity contribution in [3.05, 3.63) is 40.4 Å². The third-order valence-electron chi connectivity index (χ3n) is 4.68. The van der Waals surface area contributed by atoms with Crippen molar-refractivity contribution < 1.29 is 30.6 Å². The lowest BCUT2D eigenvalue weighted by atomic mass is 10.1. The van der Waals surface area contributed by atoms with Crippen LogP contribution in [0, 0.1) is 6.92 Å². The van der Waals surface area contributed by atoms with E-state index in [9.17, 15) is 30.6 Å². The SMILES string of the molecule is Cc1c(O)c(O)c2c3c(O)c(Br)c(O)c(O)c3n(-c3ccccc3)c2c1O. The van der Waals surface area contributed by atoms with E-state index in [2.05, 4.69) is 15.9 Å². The number of aromatic nitrogens is 1. The minimum Gasteiger partial charge on any atom is -0.506 e. The van der Waals surface area contributed by atoms with Gasteiger partial charge >= 0.3 is 0 Å². The van der Waals surface area contributed by atoms with Crippen LogP contribution in [0.25, 0.3) is 27.5 Å². The molecule has 0 aliphatic carbocycles. The normalized spacial score (nSPS) is 11.5. The van der Waals surface area contributed by atoms with E-state index >= 15 is 0 Å². The summed E-state index contributed by atoms with van der Waals surface area (Å²) in [7, 11) is 0. The van der Waals surface area contributed by atoms with Gasteiger partial charge in [-0.1, -0.05) is 18.2 Å². The smallest absolute Gasteiger partial charge is 0.184 e. The number of hydrogen-bond acceptors (Lipinski definition) is 6. The zero-order valence-corrected chi connectivity index (χ0v) is 15.5.